The Labute approximate surface area is 128 Å². The highest BCUT2D eigenvalue weighted by molar-refractivity contribution is 5.91. The summed E-state index contributed by atoms with van der Waals surface area (Å²) < 4.78 is 10.2. The predicted molar refractivity (Wildman–Crippen MR) is 78.6 cm³/mol. The van der Waals surface area contributed by atoms with Gasteiger partial charge in [-0.05, 0) is 25.0 Å². The molecule has 7 heteroatoms. The Morgan fingerprint density at radius 3 is 2.73 bits per heavy atom. The molecule has 1 amide bonds. The van der Waals surface area contributed by atoms with Crippen molar-refractivity contribution in [1.82, 2.24) is 9.88 Å². The summed E-state index contributed by atoms with van der Waals surface area (Å²) in [5.74, 6) is 0.0205. The maximum Gasteiger partial charge on any atom is 0.340 e. The smallest absolute Gasteiger partial charge is 0.340 e. The summed E-state index contributed by atoms with van der Waals surface area (Å²) in [6.07, 6.45) is 3.79. The van der Waals surface area contributed by atoms with Gasteiger partial charge in [-0.2, -0.15) is 0 Å². The molecule has 1 saturated carbocycles. The molecule has 2 aliphatic rings. The number of pyridine rings is 1. The van der Waals surface area contributed by atoms with Crippen LogP contribution in [0.3, 0.4) is 0 Å². The van der Waals surface area contributed by atoms with E-state index in [1.165, 1.54) is 6.20 Å². The normalized spacial score (nSPS) is 17.9. The van der Waals surface area contributed by atoms with E-state index in [0.717, 1.165) is 18.7 Å². The number of hydrogen-bond donors (Lipinski definition) is 1. The number of ether oxygens (including phenoxy) is 2. The minimum Gasteiger partial charge on any atom is -0.452 e. The van der Waals surface area contributed by atoms with E-state index in [0.29, 0.717) is 37.9 Å². The molecule has 1 saturated heterocycles. The first-order valence-electron chi connectivity index (χ1n) is 7.47. The number of nitrogens with zero attached hydrogens (tertiary/aromatic N) is 2. The molecule has 3 rings (SSSR count). The van der Waals surface area contributed by atoms with E-state index in [2.05, 4.69) is 10.3 Å². The lowest BCUT2D eigenvalue weighted by atomic mass is 10.3. The number of esters is 1. The van der Waals surface area contributed by atoms with Gasteiger partial charge in [0, 0.05) is 25.3 Å². The van der Waals surface area contributed by atoms with Gasteiger partial charge in [0.2, 0.25) is 0 Å². The van der Waals surface area contributed by atoms with Crippen molar-refractivity contribution in [1.29, 1.82) is 0 Å². The zero-order valence-corrected chi connectivity index (χ0v) is 12.3. The molecule has 0 spiro atoms. The Morgan fingerprint density at radius 1 is 1.32 bits per heavy atom. The van der Waals surface area contributed by atoms with Gasteiger partial charge in [-0.25, -0.2) is 9.78 Å². The van der Waals surface area contributed by atoms with E-state index < -0.39 is 5.97 Å². The van der Waals surface area contributed by atoms with Crippen molar-refractivity contribution in [2.24, 2.45) is 0 Å². The first kappa shape index (κ1) is 14.8. The molecule has 0 unspecified atom stereocenters. The van der Waals surface area contributed by atoms with Gasteiger partial charge < -0.3 is 19.7 Å². The lowest BCUT2D eigenvalue weighted by molar-refractivity contribution is -0.138. The van der Waals surface area contributed by atoms with Crippen LogP contribution in [-0.2, 0) is 14.3 Å². The summed E-state index contributed by atoms with van der Waals surface area (Å²) in [6.45, 7) is 1.89. The molecule has 118 valence electrons. The van der Waals surface area contributed by atoms with Crippen LogP contribution in [0.25, 0.3) is 0 Å². The van der Waals surface area contributed by atoms with Gasteiger partial charge >= 0.3 is 5.97 Å². The van der Waals surface area contributed by atoms with Crippen molar-refractivity contribution in [3.05, 3.63) is 23.9 Å². The summed E-state index contributed by atoms with van der Waals surface area (Å²) in [6, 6.07) is 3.91. The molecule has 1 aromatic heterocycles. The van der Waals surface area contributed by atoms with E-state index in [9.17, 15) is 9.59 Å². The van der Waals surface area contributed by atoms with Crippen LogP contribution in [0, 0.1) is 0 Å². The lowest BCUT2D eigenvalue weighted by Gasteiger charge is -2.26. The number of rotatable bonds is 5. The maximum absolute atomic E-state index is 11.9. The molecule has 7 nitrogen and oxygen atoms in total. The van der Waals surface area contributed by atoms with E-state index >= 15 is 0 Å². The molecular formula is C15H19N3O4. The average molecular weight is 305 g/mol. The summed E-state index contributed by atoms with van der Waals surface area (Å²) in [5.41, 5.74) is 0.344. The SMILES string of the molecule is O=C(OCC(=O)N1CCOCC1)c1ccc(NC2CC2)nc1. The van der Waals surface area contributed by atoms with E-state index in [4.69, 9.17) is 9.47 Å². The summed E-state index contributed by atoms with van der Waals surface area (Å²) >= 11 is 0. The molecule has 22 heavy (non-hydrogen) atoms. The van der Waals surface area contributed by atoms with Crippen LogP contribution >= 0.6 is 0 Å². The molecule has 0 bridgehead atoms. The van der Waals surface area contributed by atoms with Crippen molar-refractivity contribution in [3.8, 4) is 0 Å². The zero-order valence-electron chi connectivity index (χ0n) is 12.3. The lowest BCUT2D eigenvalue weighted by Crippen LogP contribution is -2.42. The molecule has 1 aromatic rings. The molecule has 1 aliphatic carbocycles. The highest BCUT2D eigenvalue weighted by Gasteiger charge is 2.22. The van der Waals surface area contributed by atoms with Crippen molar-refractivity contribution in [2.75, 3.05) is 38.2 Å². The summed E-state index contributed by atoms with van der Waals surface area (Å²) in [7, 11) is 0. The topological polar surface area (TPSA) is 80.8 Å². The Hall–Kier alpha value is -2.15. The van der Waals surface area contributed by atoms with Gasteiger partial charge in [0.15, 0.2) is 6.61 Å². The Kier molecular flexibility index (Phi) is 4.53. The molecule has 1 aliphatic heterocycles. The molecule has 0 aromatic carbocycles. The van der Waals surface area contributed by atoms with Crippen LogP contribution in [0.2, 0.25) is 0 Å². The number of carbonyl (C=O) groups is 2. The van der Waals surface area contributed by atoms with E-state index in [1.807, 2.05) is 0 Å². The monoisotopic (exact) mass is 305 g/mol. The Bertz CT molecular complexity index is 536. The number of carbonyl (C=O) groups excluding carboxylic acids is 2. The second kappa shape index (κ2) is 6.74. The third-order valence-electron chi connectivity index (χ3n) is 3.62. The molecular weight excluding hydrogens is 286 g/mol. The van der Waals surface area contributed by atoms with Gasteiger partial charge in [-0.15, -0.1) is 0 Å². The second-order valence-electron chi connectivity index (χ2n) is 5.42. The van der Waals surface area contributed by atoms with Gasteiger partial charge in [0.05, 0.1) is 18.8 Å². The van der Waals surface area contributed by atoms with Gasteiger partial charge in [-0.3, -0.25) is 4.79 Å². The van der Waals surface area contributed by atoms with Crippen LogP contribution in [0.4, 0.5) is 5.82 Å². The highest BCUT2D eigenvalue weighted by atomic mass is 16.5. The number of anilines is 1. The summed E-state index contributed by atoms with van der Waals surface area (Å²) in [4.78, 5) is 29.6. The van der Waals surface area contributed by atoms with E-state index in [1.54, 1.807) is 17.0 Å². The minimum atomic E-state index is -0.535. The quantitative estimate of drug-likeness (QED) is 0.805. The van der Waals surface area contributed by atoms with Crippen molar-refractivity contribution < 1.29 is 19.1 Å². The van der Waals surface area contributed by atoms with Crippen molar-refractivity contribution in [3.63, 3.8) is 0 Å². The fourth-order valence-electron chi connectivity index (χ4n) is 2.15. The first-order valence-corrected chi connectivity index (χ1v) is 7.47. The van der Waals surface area contributed by atoms with Gasteiger partial charge in [0.1, 0.15) is 5.82 Å². The Morgan fingerprint density at radius 2 is 2.09 bits per heavy atom. The maximum atomic E-state index is 11.9. The fraction of sp³-hybridized carbons (Fsp3) is 0.533. The highest BCUT2D eigenvalue weighted by Crippen LogP contribution is 2.23. The van der Waals surface area contributed by atoms with Crippen molar-refractivity contribution >= 4 is 17.7 Å². The molecule has 1 N–H and O–H groups in total. The van der Waals surface area contributed by atoms with Gasteiger partial charge in [0.25, 0.3) is 5.91 Å². The van der Waals surface area contributed by atoms with Crippen LogP contribution in [0.1, 0.15) is 23.2 Å². The fourth-order valence-corrected chi connectivity index (χ4v) is 2.15. The number of hydrogen-bond acceptors (Lipinski definition) is 6. The Balaban J connectivity index is 1.47. The third-order valence-corrected chi connectivity index (χ3v) is 3.62. The summed E-state index contributed by atoms with van der Waals surface area (Å²) in [5, 5.41) is 3.24. The molecule has 2 heterocycles. The largest absolute Gasteiger partial charge is 0.452 e. The zero-order chi connectivity index (χ0) is 15.4. The molecule has 2 fully saturated rings. The number of aromatic nitrogens is 1. The van der Waals surface area contributed by atoms with Crippen LogP contribution in [0.5, 0.6) is 0 Å². The predicted octanol–water partition coefficient (Wildman–Crippen LogP) is 0.671. The average Bonchev–Trinajstić information content (AvgIpc) is 3.38. The van der Waals surface area contributed by atoms with Crippen molar-refractivity contribution in [2.45, 2.75) is 18.9 Å². The number of amides is 1. The third kappa shape index (κ3) is 3.94. The first-order chi connectivity index (χ1) is 10.7. The van der Waals surface area contributed by atoms with Crippen LogP contribution in [0.15, 0.2) is 18.3 Å². The van der Waals surface area contributed by atoms with Crippen LogP contribution < -0.4 is 5.32 Å². The second-order valence-corrected chi connectivity index (χ2v) is 5.42. The molecule has 0 radical (unpaired) electrons. The standard InChI is InChI=1S/C15H19N3O4/c19-14(18-5-7-21-8-6-18)10-22-15(20)11-1-4-13(16-9-11)17-12-2-3-12/h1,4,9,12H,2-3,5-8,10H2,(H,16,17). The minimum absolute atomic E-state index is 0.198. The molecule has 0 atom stereocenters. The van der Waals surface area contributed by atoms with E-state index in [-0.39, 0.29) is 12.5 Å². The number of morpholine rings is 1. The van der Waals surface area contributed by atoms with Gasteiger partial charge in [-0.1, -0.05) is 0 Å². The van der Waals surface area contributed by atoms with Crippen LogP contribution in [-0.4, -0.2) is 60.7 Å². The number of nitrogens with one attached hydrogen (secondary N) is 1.